The third kappa shape index (κ3) is 3.54. The number of nitrogens with zero attached hydrogens (tertiary/aromatic N) is 1. The van der Waals surface area contributed by atoms with Gasteiger partial charge in [-0.15, -0.1) is 0 Å². The van der Waals surface area contributed by atoms with Crippen LogP contribution >= 0.6 is 0 Å². The molecule has 5 heteroatoms. The van der Waals surface area contributed by atoms with Crippen LogP contribution in [-0.2, 0) is 11.2 Å². The van der Waals surface area contributed by atoms with Crippen molar-refractivity contribution in [3.63, 3.8) is 0 Å². The van der Waals surface area contributed by atoms with E-state index in [2.05, 4.69) is 5.32 Å². The van der Waals surface area contributed by atoms with Crippen LogP contribution in [0.1, 0.15) is 41.6 Å². The fourth-order valence-electron chi connectivity index (χ4n) is 4.05. The van der Waals surface area contributed by atoms with Gasteiger partial charge < -0.3 is 15.0 Å². The van der Waals surface area contributed by atoms with Crippen LogP contribution in [0.5, 0.6) is 5.75 Å². The normalized spacial score (nSPS) is 16.3. The number of amides is 2. The predicted molar refractivity (Wildman–Crippen MR) is 105 cm³/mol. The summed E-state index contributed by atoms with van der Waals surface area (Å²) in [6, 6.07) is 12.9. The molecule has 0 unspecified atom stereocenters. The fourth-order valence-corrected chi connectivity index (χ4v) is 4.05. The number of hydrogen-bond acceptors (Lipinski definition) is 3. The SMILES string of the molecule is COc1cccc(C(=O)Nc2ccc3c(c2)N(C(=O)C2CCCC2)CC3)c1. The number of hydrogen-bond donors (Lipinski definition) is 1. The van der Waals surface area contributed by atoms with Crippen LogP contribution in [0.4, 0.5) is 11.4 Å². The molecule has 140 valence electrons. The monoisotopic (exact) mass is 364 g/mol. The number of methoxy groups -OCH3 is 1. The summed E-state index contributed by atoms with van der Waals surface area (Å²) in [6.07, 6.45) is 5.16. The zero-order chi connectivity index (χ0) is 18.8. The number of benzene rings is 2. The summed E-state index contributed by atoms with van der Waals surface area (Å²) in [7, 11) is 1.58. The summed E-state index contributed by atoms with van der Waals surface area (Å²) < 4.78 is 5.18. The molecule has 0 saturated heterocycles. The van der Waals surface area contributed by atoms with Crippen molar-refractivity contribution in [1.82, 2.24) is 0 Å². The maximum absolute atomic E-state index is 12.9. The maximum Gasteiger partial charge on any atom is 0.255 e. The first kappa shape index (κ1) is 17.6. The molecule has 0 aromatic heterocycles. The average molecular weight is 364 g/mol. The molecule has 2 aliphatic rings. The lowest BCUT2D eigenvalue weighted by atomic mass is 10.1. The lowest BCUT2D eigenvalue weighted by Crippen LogP contribution is -2.33. The van der Waals surface area contributed by atoms with Gasteiger partial charge in [-0.25, -0.2) is 0 Å². The number of nitrogens with one attached hydrogen (secondary N) is 1. The molecule has 2 aromatic rings. The largest absolute Gasteiger partial charge is 0.497 e. The van der Waals surface area contributed by atoms with Crippen LogP contribution < -0.4 is 15.0 Å². The highest BCUT2D eigenvalue weighted by Crippen LogP contribution is 2.35. The Bertz CT molecular complexity index is 872. The van der Waals surface area contributed by atoms with Crippen LogP contribution in [0, 0.1) is 5.92 Å². The lowest BCUT2D eigenvalue weighted by Gasteiger charge is -2.21. The van der Waals surface area contributed by atoms with E-state index in [-0.39, 0.29) is 17.7 Å². The van der Waals surface area contributed by atoms with Crippen molar-refractivity contribution in [3.8, 4) is 5.75 Å². The summed E-state index contributed by atoms with van der Waals surface area (Å²) in [5.41, 5.74) is 3.34. The number of ether oxygens (including phenoxy) is 1. The van der Waals surface area contributed by atoms with E-state index in [9.17, 15) is 9.59 Å². The second-order valence-corrected chi connectivity index (χ2v) is 7.25. The molecule has 4 rings (SSSR count). The summed E-state index contributed by atoms with van der Waals surface area (Å²) in [5, 5.41) is 2.94. The van der Waals surface area contributed by atoms with Crippen LogP contribution in [-0.4, -0.2) is 25.5 Å². The molecule has 1 saturated carbocycles. The van der Waals surface area contributed by atoms with Gasteiger partial charge in [0, 0.05) is 29.4 Å². The molecular formula is C22H24N2O3. The molecule has 1 fully saturated rings. The van der Waals surface area contributed by atoms with Crippen molar-refractivity contribution in [2.24, 2.45) is 5.92 Å². The first-order valence-corrected chi connectivity index (χ1v) is 9.55. The third-order valence-electron chi connectivity index (χ3n) is 5.54. The second-order valence-electron chi connectivity index (χ2n) is 7.25. The molecule has 27 heavy (non-hydrogen) atoms. The van der Waals surface area contributed by atoms with Crippen LogP contribution in [0.15, 0.2) is 42.5 Å². The first-order valence-electron chi connectivity index (χ1n) is 9.55. The number of carbonyl (C=O) groups is 2. The van der Waals surface area contributed by atoms with Gasteiger partial charge in [0.15, 0.2) is 0 Å². The minimum Gasteiger partial charge on any atom is -0.497 e. The molecule has 2 amide bonds. The van der Waals surface area contributed by atoms with Gasteiger partial charge in [0.1, 0.15) is 5.75 Å². The van der Waals surface area contributed by atoms with Gasteiger partial charge in [-0.2, -0.15) is 0 Å². The Morgan fingerprint density at radius 1 is 1.11 bits per heavy atom. The molecule has 1 aliphatic carbocycles. The van der Waals surface area contributed by atoms with E-state index in [4.69, 9.17) is 4.74 Å². The molecule has 1 aliphatic heterocycles. The molecule has 0 atom stereocenters. The van der Waals surface area contributed by atoms with Crippen molar-refractivity contribution in [2.75, 3.05) is 23.9 Å². The molecule has 0 spiro atoms. The second kappa shape index (κ2) is 7.43. The topological polar surface area (TPSA) is 58.6 Å². The molecule has 0 bridgehead atoms. The molecule has 1 N–H and O–H groups in total. The Morgan fingerprint density at radius 3 is 2.70 bits per heavy atom. The van der Waals surface area contributed by atoms with Gasteiger partial charge >= 0.3 is 0 Å². The summed E-state index contributed by atoms with van der Waals surface area (Å²) in [6.45, 7) is 0.734. The van der Waals surface area contributed by atoms with Crippen molar-refractivity contribution < 1.29 is 14.3 Å². The van der Waals surface area contributed by atoms with E-state index >= 15 is 0 Å². The van der Waals surface area contributed by atoms with Gasteiger partial charge in [0.2, 0.25) is 5.91 Å². The smallest absolute Gasteiger partial charge is 0.255 e. The Balaban J connectivity index is 1.53. The van der Waals surface area contributed by atoms with Gasteiger partial charge in [0.25, 0.3) is 5.91 Å². The average Bonchev–Trinajstić information content (AvgIpc) is 3.37. The van der Waals surface area contributed by atoms with E-state index in [1.807, 2.05) is 23.1 Å². The highest BCUT2D eigenvalue weighted by atomic mass is 16.5. The van der Waals surface area contributed by atoms with E-state index < -0.39 is 0 Å². The zero-order valence-electron chi connectivity index (χ0n) is 15.5. The molecule has 2 aromatic carbocycles. The third-order valence-corrected chi connectivity index (χ3v) is 5.54. The van der Waals surface area contributed by atoms with Crippen molar-refractivity contribution in [2.45, 2.75) is 32.1 Å². The van der Waals surface area contributed by atoms with Gasteiger partial charge in [-0.05, 0) is 55.2 Å². The fraction of sp³-hybridized carbons (Fsp3) is 0.364. The van der Waals surface area contributed by atoms with E-state index in [1.165, 1.54) is 5.56 Å². The predicted octanol–water partition coefficient (Wildman–Crippen LogP) is 4.03. The van der Waals surface area contributed by atoms with Crippen LogP contribution in [0.2, 0.25) is 0 Å². The Labute approximate surface area is 159 Å². The van der Waals surface area contributed by atoms with E-state index in [1.54, 1.807) is 31.4 Å². The number of fused-ring (bicyclic) bond motifs is 1. The van der Waals surface area contributed by atoms with Gasteiger partial charge in [0.05, 0.1) is 7.11 Å². The van der Waals surface area contributed by atoms with Crippen LogP contribution in [0.25, 0.3) is 0 Å². The Hall–Kier alpha value is -2.82. The quantitative estimate of drug-likeness (QED) is 0.891. The van der Waals surface area contributed by atoms with E-state index in [0.29, 0.717) is 17.0 Å². The highest BCUT2D eigenvalue weighted by Gasteiger charge is 2.32. The number of anilines is 2. The first-order chi connectivity index (χ1) is 13.2. The lowest BCUT2D eigenvalue weighted by molar-refractivity contribution is -0.122. The maximum atomic E-state index is 12.9. The molecule has 1 heterocycles. The van der Waals surface area contributed by atoms with Crippen LogP contribution in [0.3, 0.4) is 0 Å². The molecular weight excluding hydrogens is 340 g/mol. The summed E-state index contributed by atoms with van der Waals surface area (Å²) >= 11 is 0. The van der Waals surface area contributed by atoms with Crippen molar-refractivity contribution >= 4 is 23.2 Å². The van der Waals surface area contributed by atoms with Gasteiger partial charge in [-0.1, -0.05) is 25.0 Å². The Morgan fingerprint density at radius 2 is 1.93 bits per heavy atom. The van der Waals surface area contributed by atoms with Crippen molar-refractivity contribution in [3.05, 3.63) is 53.6 Å². The zero-order valence-corrected chi connectivity index (χ0v) is 15.5. The summed E-state index contributed by atoms with van der Waals surface area (Å²) in [4.78, 5) is 27.3. The van der Waals surface area contributed by atoms with E-state index in [0.717, 1.165) is 44.3 Å². The van der Waals surface area contributed by atoms with Gasteiger partial charge in [-0.3, -0.25) is 9.59 Å². The molecule has 0 radical (unpaired) electrons. The Kier molecular flexibility index (Phi) is 4.84. The molecule has 5 nitrogen and oxygen atoms in total. The number of carbonyl (C=O) groups excluding carboxylic acids is 2. The summed E-state index contributed by atoms with van der Waals surface area (Å²) in [5.74, 6) is 0.846. The minimum absolute atomic E-state index is 0.158. The number of rotatable bonds is 4. The highest BCUT2D eigenvalue weighted by molar-refractivity contribution is 6.05. The van der Waals surface area contributed by atoms with Crippen molar-refractivity contribution in [1.29, 1.82) is 0 Å². The standard InChI is InChI=1S/C22H24N2O3/c1-27-19-8-4-7-17(13-19)21(25)23-18-10-9-15-11-12-24(20(15)14-18)22(26)16-5-2-3-6-16/h4,7-10,13-14,16H,2-3,5-6,11-12H2,1H3,(H,23,25). The minimum atomic E-state index is -0.194.